The number of benzene rings is 1. The van der Waals surface area contributed by atoms with E-state index >= 15 is 0 Å². The summed E-state index contributed by atoms with van der Waals surface area (Å²) in [6.45, 7) is 1.72. The third kappa shape index (κ3) is 3.91. The van der Waals surface area contributed by atoms with Gasteiger partial charge in [-0.15, -0.1) is 0 Å². The lowest BCUT2D eigenvalue weighted by atomic mass is 10.1. The molecule has 1 saturated heterocycles. The molecule has 0 unspecified atom stereocenters. The molecular formula is C14H19F2NO2S. The first-order valence-corrected chi connectivity index (χ1v) is 8.47. The Labute approximate surface area is 120 Å². The minimum atomic E-state index is -0.992. The number of anilines is 1. The molecule has 1 heterocycles. The molecule has 0 spiro atoms. The van der Waals surface area contributed by atoms with Crippen LogP contribution in [0.3, 0.4) is 0 Å². The second-order valence-electron chi connectivity index (χ2n) is 4.91. The molecule has 3 nitrogen and oxygen atoms in total. The van der Waals surface area contributed by atoms with Gasteiger partial charge in [0.05, 0.1) is 18.0 Å². The average molecular weight is 303 g/mol. The molecule has 20 heavy (non-hydrogen) atoms. The maximum absolute atomic E-state index is 13.9. The number of hydrogen-bond donors (Lipinski definition) is 0. The van der Waals surface area contributed by atoms with Gasteiger partial charge in [0.1, 0.15) is 5.82 Å². The quantitative estimate of drug-likeness (QED) is 0.837. The summed E-state index contributed by atoms with van der Waals surface area (Å²) in [7, 11) is -0.992. The lowest BCUT2D eigenvalue weighted by Crippen LogP contribution is -2.30. The summed E-state index contributed by atoms with van der Waals surface area (Å²) < 4.78 is 43.8. The summed E-state index contributed by atoms with van der Waals surface area (Å²) >= 11 is 0. The van der Waals surface area contributed by atoms with Gasteiger partial charge in [0.25, 0.3) is 0 Å². The molecule has 0 N–H and O–H groups in total. The van der Waals surface area contributed by atoms with E-state index in [9.17, 15) is 13.0 Å². The lowest BCUT2D eigenvalue weighted by molar-refractivity contribution is 0.322. The number of rotatable bonds is 5. The molecule has 1 aliphatic rings. The summed E-state index contributed by atoms with van der Waals surface area (Å²) in [6.07, 6.45) is 4.73. The Morgan fingerprint density at radius 1 is 1.20 bits per heavy atom. The molecule has 0 radical (unpaired) electrons. The highest BCUT2D eigenvalue weighted by atomic mass is 32.2. The van der Waals surface area contributed by atoms with Crippen LogP contribution >= 0.6 is 0 Å². The van der Waals surface area contributed by atoms with Crippen LogP contribution < -0.4 is 9.64 Å². The molecule has 0 aromatic heterocycles. The number of piperidine rings is 1. The van der Waals surface area contributed by atoms with Gasteiger partial charge in [0, 0.05) is 42.3 Å². The monoisotopic (exact) mass is 303 g/mol. The Morgan fingerprint density at radius 2 is 1.90 bits per heavy atom. The van der Waals surface area contributed by atoms with Crippen LogP contribution in [0.4, 0.5) is 14.5 Å². The first kappa shape index (κ1) is 15.2. The summed E-state index contributed by atoms with van der Waals surface area (Å²) in [4.78, 5) is 1.92. The van der Waals surface area contributed by atoms with Crippen LogP contribution in [0.25, 0.3) is 0 Å². The van der Waals surface area contributed by atoms with Crippen LogP contribution in [0.1, 0.15) is 19.3 Å². The van der Waals surface area contributed by atoms with E-state index in [0.717, 1.165) is 38.4 Å². The lowest BCUT2D eigenvalue weighted by Gasteiger charge is -2.29. The highest BCUT2D eigenvalue weighted by Gasteiger charge is 2.18. The molecule has 1 aromatic rings. The predicted octanol–water partition coefficient (Wildman–Crippen LogP) is 2.71. The SMILES string of the molecule is C[S@@](=O)CCOc1cc(N2CCCCC2)c(F)cc1F. The Balaban J connectivity index is 2.13. The van der Waals surface area contributed by atoms with Crippen molar-refractivity contribution in [2.45, 2.75) is 19.3 Å². The highest BCUT2D eigenvalue weighted by Crippen LogP contribution is 2.30. The maximum Gasteiger partial charge on any atom is 0.168 e. The summed E-state index contributed by atoms with van der Waals surface area (Å²) in [5.74, 6) is -0.922. The molecule has 0 amide bonds. The van der Waals surface area contributed by atoms with Crippen molar-refractivity contribution in [2.75, 3.05) is 36.6 Å². The molecule has 0 bridgehead atoms. The number of ether oxygens (including phenoxy) is 1. The molecule has 1 fully saturated rings. The maximum atomic E-state index is 13.9. The van der Waals surface area contributed by atoms with Crippen molar-refractivity contribution < 1.29 is 17.7 Å². The molecule has 2 rings (SSSR count). The molecule has 0 saturated carbocycles. The highest BCUT2D eigenvalue weighted by molar-refractivity contribution is 7.84. The van der Waals surface area contributed by atoms with Crippen molar-refractivity contribution in [3.63, 3.8) is 0 Å². The Bertz CT molecular complexity index is 490. The topological polar surface area (TPSA) is 29.5 Å². The zero-order valence-electron chi connectivity index (χ0n) is 11.5. The fraction of sp³-hybridized carbons (Fsp3) is 0.571. The van der Waals surface area contributed by atoms with Crippen molar-refractivity contribution in [3.05, 3.63) is 23.8 Å². The Morgan fingerprint density at radius 3 is 2.55 bits per heavy atom. The largest absolute Gasteiger partial charge is 0.489 e. The summed E-state index contributed by atoms with van der Waals surface area (Å²) in [5.41, 5.74) is 0.388. The van der Waals surface area contributed by atoms with Crippen molar-refractivity contribution in [2.24, 2.45) is 0 Å². The standard InChI is InChI=1S/C14H19F2NO2S/c1-20(18)8-7-19-14-10-13(11(15)9-12(14)16)17-5-3-2-4-6-17/h9-10H,2-8H2,1H3/t20-/m1/s1. The van der Waals surface area contributed by atoms with E-state index < -0.39 is 22.4 Å². The van der Waals surface area contributed by atoms with E-state index in [1.54, 1.807) is 6.26 Å². The van der Waals surface area contributed by atoms with Crippen molar-refractivity contribution in [3.8, 4) is 5.75 Å². The molecule has 0 aliphatic carbocycles. The second kappa shape index (κ2) is 7.02. The van der Waals surface area contributed by atoms with E-state index in [0.29, 0.717) is 11.4 Å². The van der Waals surface area contributed by atoms with E-state index in [-0.39, 0.29) is 12.4 Å². The minimum Gasteiger partial charge on any atom is -0.489 e. The zero-order valence-corrected chi connectivity index (χ0v) is 12.3. The normalized spacial score (nSPS) is 17.1. The third-order valence-corrected chi connectivity index (χ3v) is 4.07. The molecule has 1 aromatic carbocycles. The van der Waals surface area contributed by atoms with Gasteiger partial charge < -0.3 is 9.64 Å². The van der Waals surface area contributed by atoms with Crippen molar-refractivity contribution in [1.29, 1.82) is 0 Å². The van der Waals surface area contributed by atoms with E-state index in [1.165, 1.54) is 6.07 Å². The molecule has 6 heteroatoms. The smallest absolute Gasteiger partial charge is 0.168 e. The van der Waals surface area contributed by atoms with Gasteiger partial charge in [0.15, 0.2) is 11.6 Å². The van der Waals surface area contributed by atoms with E-state index in [4.69, 9.17) is 4.74 Å². The summed E-state index contributed by atoms with van der Waals surface area (Å²) in [6, 6.07) is 2.27. The zero-order chi connectivity index (χ0) is 14.5. The van der Waals surface area contributed by atoms with Crippen LogP contribution in [0.2, 0.25) is 0 Å². The van der Waals surface area contributed by atoms with E-state index in [2.05, 4.69) is 0 Å². The second-order valence-corrected chi connectivity index (χ2v) is 6.46. The molecule has 112 valence electrons. The fourth-order valence-corrected chi connectivity index (χ4v) is 2.59. The van der Waals surface area contributed by atoms with Gasteiger partial charge in [-0.1, -0.05) is 0 Å². The molecule has 1 aliphatic heterocycles. The van der Waals surface area contributed by atoms with Gasteiger partial charge in [0.2, 0.25) is 0 Å². The fourth-order valence-electron chi connectivity index (χ4n) is 2.28. The van der Waals surface area contributed by atoms with Gasteiger partial charge in [-0.3, -0.25) is 4.21 Å². The predicted molar refractivity (Wildman–Crippen MR) is 76.9 cm³/mol. The number of halogens is 2. The summed E-state index contributed by atoms with van der Waals surface area (Å²) in [5, 5.41) is 0. The van der Waals surface area contributed by atoms with Gasteiger partial charge in [-0.25, -0.2) is 8.78 Å². The van der Waals surface area contributed by atoms with Gasteiger partial charge in [-0.05, 0) is 19.3 Å². The first-order valence-electron chi connectivity index (χ1n) is 6.75. The van der Waals surface area contributed by atoms with Crippen LogP contribution in [-0.4, -0.2) is 35.9 Å². The third-order valence-electron chi connectivity index (χ3n) is 3.33. The van der Waals surface area contributed by atoms with Crippen LogP contribution in [0, 0.1) is 11.6 Å². The van der Waals surface area contributed by atoms with Crippen molar-refractivity contribution >= 4 is 16.5 Å². The van der Waals surface area contributed by atoms with Crippen molar-refractivity contribution in [1.82, 2.24) is 0 Å². The number of nitrogens with zero attached hydrogens (tertiary/aromatic N) is 1. The first-order chi connectivity index (χ1) is 9.58. The number of hydrogen-bond acceptors (Lipinski definition) is 3. The minimum absolute atomic E-state index is 0.0254. The van der Waals surface area contributed by atoms with E-state index in [1.807, 2.05) is 4.90 Å². The van der Waals surface area contributed by atoms with Crippen LogP contribution in [0.5, 0.6) is 5.75 Å². The van der Waals surface area contributed by atoms with Gasteiger partial charge >= 0.3 is 0 Å². The van der Waals surface area contributed by atoms with Crippen LogP contribution in [0.15, 0.2) is 12.1 Å². The molecule has 1 atom stereocenters. The Hall–Kier alpha value is -1.17. The van der Waals surface area contributed by atoms with Gasteiger partial charge in [-0.2, -0.15) is 0 Å². The van der Waals surface area contributed by atoms with Crippen LogP contribution in [-0.2, 0) is 10.8 Å². The Kier molecular flexibility index (Phi) is 5.34. The molecular weight excluding hydrogens is 284 g/mol. The average Bonchev–Trinajstić information content (AvgIpc) is 2.42.